The molecule has 4 rings (SSSR count). The molecule has 2 aliphatic carbocycles. The Labute approximate surface area is 140 Å². The van der Waals surface area contributed by atoms with Gasteiger partial charge in [0.25, 0.3) is 0 Å². The van der Waals surface area contributed by atoms with Crippen molar-refractivity contribution in [2.45, 2.75) is 38.1 Å². The van der Waals surface area contributed by atoms with Crippen LogP contribution in [0.5, 0.6) is 5.75 Å². The van der Waals surface area contributed by atoms with E-state index in [0.717, 1.165) is 36.8 Å². The van der Waals surface area contributed by atoms with Crippen LogP contribution in [-0.4, -0.2) is 40.2 Å². The number of carbonyl (C=O) groups is 2. The SMILES string of the molecule is O=C(NC1CCc2c(O)cccc21)N1C[C@@H]2CCC[C@@]2(C(=O)O)C1. The number of nitrogens with one attached hydrogen (secondary N) is 1. The third-order valence-electron chi connectivity index (χ3n) is 6.13. The highest BCUT2D eigenvalue weighted by atomic mass is 16.4. The third kappa shape index (κ3) is 2.16. The minimum Gasteiger partial charge on any atom is -0.508 e. The highest BCUT2D eigenvalue weighted by Gasteiger charge is 2.56. The predicted octanol–water partition coefficient (Wildman–Crippen LogP) is 2.28. The molecule has 3 atom stereocenters. The van der Waals surface area contributed by atoms with Crippen molar-refractivity contribution in [3.63, 3.8) is 0 Å². The summed E-state index contributed by atoms with van der Waals surface area (Å²) in [4.78, 5) is 26.0. The first-order chi connectivity index (χ1) is 11.5. The summed E-state index contributed by atoms with van der Waals surface area (Å²) in [5.41, 5.74) is 1.13. The Morgan fingerprint density at radius 2 is 2.12 bits per heavy atom. The molecule has 6 nitrogen and oxygen atoms in total. The summed E-state index contributed by atoms with van der Waals surface area (Å²) in [5, 5.41) is 22.6. The van der Waals surface area contributed by atoms with Crippen molar-refractivity contribution < 1.29 is 19.8 Å². The van der Waals surface area contributed by atoms with Gasteiger partial charge in [-0.3, -0.25) is 4.79 Å². The lowest BCUT2D eigenvalue weighted by molar-refractivity contribution is -0.149. The predicted molar refractivity (Wildman–Crippen MR) is 86.7 cm³/mol. The maximum Gasteiger partial charge on any atom is 0.317 e. The summed E-state index contributed by atoms with van der Waals surface area (Å²) < 4.78 is 0. The zero-order valence-corrected chi connectivity index (χ0v) is 13.5. The molecule has 0 spiro atoms. The van der Waals surface area contributed by atoms with Crippen LogP contribution in [0.4, 0.5) is 4.79 Å². The van der Waals surface area contributed by atoms with E-state index in [1.54, 1.807) is 17.0 Å². The number of rotatable bonds is 2. The number of fused-ring (bicyclic) bond motifs is 2. The van der Waals surface area contributed by atoms with Crippen molar-refractivity contribution in [3.8, 4) is 5.75 Å². The molecule has 0 aromatic heterocycles. The Kier molecular flexibility index (Phi) is 3.44. The number of carboxylic acids is 1. The summed E-state index contributed by atoms with van der Waals surface area (Å²) in [6.45, 7) is 0.830. The number of hydrogen-bond acceptors (Lipinski definition) is 3. The molecule has 0 bridgehead atoms. The number of benzene rings is 1. The lowest BCUT2D eigenvalue weighted by Crippen LogP contribution is -2.42. The van der Waals surface area contributed by atoms with Crippen LogP contribution in [-0.2, 0) is 11.2 Å². The lowest BCUT2D eigenvalue weighted by atomic mass is 9.81. The Hall–Kier alpha value is -2.24. The number of phenols is 1. The number of carbonyl (C=O) groups excluding carboxylic acids is 1. The maximum absolute atomic E-state index is 12.7. The molecule has 2 fully saturated rings. The lowest BCUT2D eigenvalue weighted by Gasteiger charge is -2.24. The largest absolute Gasteiger partial charge is 0.508 e. The Balaban J connectivity index is 1.48. The Morgan fingerprint density at radius 3 is 2.88 bits per heavy atom. The second-order valence-corrected chi connectivity index (χ2v) is 7.32. The van der Waals surface area contributed by atoms with Gasteiger partial charge in [-0.15, -0.1) is 0 Å². The van der Waals surface area contributed by atoms with Gasteiger partial charge in [-0.25, -0.2) is 4.79 Å². The molecule has 6 heteroatoms. The molecule has 1 aliphatic heterocycles. The standard InChI is InChI=1S/C18H22N2O4/c21-15-5-1-4-12-13(15)6-7-14(12)19-17(24)20-9-11-3-2-8-18(11,10-20)16(22)23/h1,4-5,11,14,21H,2-3,6-10H2,(H,19,24)(H,22,23)/t11-,14?,18+/m0/s1. The molecule has 1 aromatic carbocycles. The van der Waals surface area contributed by atoms with Gasteiger partial charge in [0, 0.05) is 13.1 Å². The normalized spacial score (nSPS) is 30.9. The monoisotopic (exact) mass is 330 g/mol. The van der Waals surface area contributed by atoms with Gasteiger partial charge in [-0.2, -0.15) is 0 Å². The smallest absolute Gasteiger partial charge is 0.317 e. The number of urea groups is 1. The van der Waals surface area contributed by atoms with Crippen LogP contribution in [0.3, 0.4) is 0 Å². The topological polar surface area (TPSA) is 89.9 Å². The van der Waals surface area contributed by atoms with Gasteiger partial charge in [-0.05, 0) is 48.8 Å². The van der Waals surface area contributed by atoms with Gasteiger partial charge in [-0.1, -0.05) is 18.6 Å². The van der Waals surface area contributed by atoms with Gasteiger partial charge >= 0.3 is 12.0 Å². The summed E-state index contributed by atoms with van der Waals surface area (Å²) in [5.74, 6) is -0.415. The van der Waals surface area contributed by atoms with Crippen LogP contribution in [0.2, 0.25) is 0 Å². The molecule has 1 saturated heterocycles. The summed E-state index contributed by atoms with van der Waals surface area (Å²) in [7, 11) is 0. The zero-order chi connectivity index (χ0) is 16.9. The Morgan fingerprint density at radius 1 is 1.29 bits per heavy atom. The first-order valence-corrected chi connectivity index (χ1v) is 8.61. The van der Waals surface area contributed by atoms with Crippen LogP contribution in [0.15, 0.2) is 18.2 Å². The fourth-order valence-corrected chi connectivity index (χ4v) is 4.82. The second-order valence-electron chi connectivity index (χ2n) is 7.32. The molecular formula is C18H22N2O4. The summed E-state index contributed by atoms with van der Waals surface area (Å²) in [6.07, 6.45) is 3.99. The van der Waals surface area contributed by atoms with E-state index in [-0.39, 0.29) is 23.7 Å². The van der Waals surface area contributed by atoms with E-state index in [1.807, 2.05) is 6.07 Å². The number of hydrogen-bond donors (Lipinski definition) is 3. The number of aromatic hydroxyl groups is 1. The molecule has 24 heavy (non-hydrogen) atoms. The Bertz CT molecular complexity index is 704. The van der Waals surface area contributed by atoms with Crippen molar-refractivity contribution in [2.24, 2.45) is 11.3 Å². The van der Waals surface area contributed by atoms with Crippen molar-refractivity contribution in [3.05, 3.63) is 29.3 Å². The summed E-state index contributed by atoms with van der Waals surface area (Å²) in [6, 6.07) is 5.09. The van der Waals surface area contributed by atoms with Gasteiger partial charge in [0.2, 0.25) is 0 Å². The van der Waals surface area contributed by atoms with Gasteiger partial charge in [0.05, 0.1) is 11.5 Å². The van der Waals surface area contributed by atoms with Crippen LogP contribution in [0, 0.1) is 11.3 Å². The van der Waals surface area contributed by atoms with Gasteiger partial charge in [0.15, 0.2) is 0 Å². The van der Waals surface area contributed by atoms with E-state index in [1.165, 1.54) is 0 Å². The van der Waals surface area contributed by atoms with E-state index in [9.17, 15) is 19.8 Å². The summed E-state index contributed by atoms with van der Waals surface area (Å²) >= 11 is 0. The molecule has 3 N–H and O–H groups in total. The van der Waals surface area contributed by atoms with Crippen molar-refractivity contribution in [1.29, 1.82) is 0 Å². The maximum atomic E-state index is 12.7. The third-order valence-corrected chi connectivity index (χ3v) is 6.13. The molecule has 1 unspecified atom stereocenters. The quantitative estimate of drug-likeness (QED) is 0.776. The number of amides is 2. The molecule has 2 amide bonds. The minimum atomic E-state index is -0.767. The fourth-order valence-electron chi connectivity index (χ4n) is 4.82. The van der Waals surface area contributed by atoms with E-state index in [4.69, 9.17) is 0 Å². The number of likely N-dealkylation sites (tertiary alicyclic amines) is 1. The molecule has 128 valence electrons. The molecule has 1 aromatic rings. The van der Waals surface area contributed by atoms with E-state index >= 15 is 0 Å². The average Bonchev–Trinajstić information content (AvgIpc) is 3.20. The van der Waals surface area contributed by atoms with Crippen molar-refractivity contribution in [1.82, 2.24) is 10.2 Å². The average molecular weight is 330 g/mol. The number of carboxylic acid groups (broad SMARTS) is 1. The van der Waals surface area contributed by atoms with Gasteiger partial charge < -0.3 is 20.4 Å². The number of nitrogens with zero attached hydrogens (tertiary/aromatic N) is 1. The highest BCUT2D eigenvalue weighted by Crippen LogP contribution is 2.49. The molecule has 1 saturated carbocycles. The van der Waals surface area contributed by atoms with Crippen LogP contribution in [0.25, 0.3) is 0 Å². The van der Waals surface area contributed by atoms with Crippen molar-refractivity contribution >= 4 is 12.0 Å². The van der Waals surface area contributed by atoms with Crippen LogP contribution >= 0.6 is 0 Å². The van der Waals surface area contributed by atoms with Crippen LogP contribution < -0.4 is 5.32 Å². The molecule has 1 heterocycles. The van der Waals surface area contributed by atoms with E-state index in [2.05, 4.69) is 5.32 Å². The first kappa shape index (κ1) is 15.3. The molecule has 0 radical (unpaired) electrons. The second kappa shape index (κ2) is 5.40. The zero-order valence-electron chi connectivity index (χ0n) is 13.5. The van der Waals surface area contributed by atoms with E-state index < -0.39 is 11.4 Å². The van der Waals surface area contributed by atoms with Crippen LogP contribution in [0.1, 0.15) is 42.9 Å². The minimum absolute atomic E-state index is 0.0701. The number of phenolic OH excluding ortho intramolecular Hbond substituents is 1. The first-order valence-electron chi connectivity index (χ1n) is 8.61. The highest BCUT2D eigenvalue weighted by molar-refractivity contribution is 5.81. The fraction of sp³-hybridized carbons (Fsp3) is 0.556. The van der Waals surface area contributed by atoms with E-state index in [0.29, 0.717) is 19.5 Å². The molecule has 3 aliphatic rings. The number of aliphatic carboxylic acids is 1. The van der Waals surface area contributed by atoms with Gasteiger partial charge in [0.1, 0.15) is 5.75 Å². The molecular weight excluding hydrogens is 308 g/mol. The van der Waals surface area contributed by atoms with Crippen molar-refractivity contribution in [2.75, 3.05) is 13.1 Å².